The van der Waals surface area contributed by atoms with Gasteiger partial charge in [-0.05, 0) is 48.0 Å². The Labute approximate surface area is 183 Å². The predicted molar refractivity (Wildman–Crippen MR) is 117 cm³/mol. The lowest BCUT2D eigenvalue weighted by Crippen LogP contribution is -2.29. The average molecular weight is 436 g/mol. The minimum Gasteiger partial charge on any atom is -0.508 e. The fourth-order valence-electron chi connectivity index (χ4n) is 3.71. The second-order valence-corrected chi connectivity index (χ2v) is 7.38. The summed E-state index contributed by atoms with van der Waals surface area (Å²) in [5.41, 5.74) is 1.01. The Morgan fingerprint density at radius 2 is 1.74 bits per heavy atom. The third-order valence-electron chi connectivity index (χ3n) is 5.08. The number of phenolic OH excluding ortho intramolecular Hbond substituents is 1. The van der Waals surface area contributed by atoms with Crippen molar-refractivity contribution in [2.45, 2.75) is 6.04 Å². The molecule has 1 heterocycles. The summed E-state index contributed by atoms with van der Waals surface area (Å²) >= 11 is 6.10. The van der Waals surface area contributed by atoms with Crippen molar-refractivity contribution in [1.82, 2.24) is 0 Å². The molecule has 0 aliphatic carbocycles. The molecule has 4 rings (SSSR count). The zero-order valence-corrected chi connectivity index (χ0v) is 17.2. The normalized spacial score (nSPS) is 17.7. The lowest BCUT2D eigenvalue weighted by molar-refractivity contribution is -0.132. The van der Waals surface area contributed by atoms with Gasteiger partial charge in [-0.3, -0.25) is 14.5 Å². The van der Waals surface area contributed by atoms with Crippen molar-refractivity contribution in [3.05, 3.63) is 94.5 Å². The van der Waals surface area contributed by atoms with Crippen molar-refractivity contribution >= 4 is 34.7 Å². The summed E-state index contributed by atoms with van der Waals surface area (Å²) < 4.78 is 5.31. The number of hydrogen-bond acceptors (Lipinski definition) is 5. The summed E-state index contributed by atoms with van der Waals surface area (Å²) in [6.07, 6.45) is 0. The maximum Gasteiger partial charge on any atom is 0.300 e. The number of carbonyl (C=O) groups excluding carboxylic acids is 2. The van der Waals surface area contributed by atoms with Crippen molar-refractivity contribution in [2.24, 2.45) is 0 Å². The number of aliphatic hydroxyl groups excluding tert-OH is 1. The number of benzene rings is 3. The van der Waals surface area contributed by atoms with Gasteiger partial charge in [0.05, 0.1) is 24.3 Å². The molecule has 156 valence electrons. The van der Waals surface area contributed by atoms with Crippen molar-refractivity contribution in [2.75, 3.05) is 12.0 Å². The van der Waals surface area contributed by atoms with E-state index in [-0.39, 0.29) is 16.9 Å². The van der Waals surface area contributed by atoms with Gasteiger partial charge in [-0.2, -0.15) is 0 Å². The number of ether oxygens (including phenoxy) is 1. The highest BCUT2D eigenvalue weighted by atomic mass is 35.5. The highest BCUT2D eigenvalue weighted by molar-refractivity contribution is 6.51. The van der Waals surface area contributed by atoms with E-state index in [0.717, 1.165) is 0 Å². The molecule has 1 amide bonds. The third kappa shape index (κ3) is 3.62. The Morgan fingerprint density at radius 3 is 2.42 bits per heavy atom. The Balaban J connectivity index is 2.00. The molecule has 1 fully saturated rings. The maximum absolute atomic E-state index is 13.1. The first kappa shape index (κ1) is 20.5. The largest absolute Gasteiger partial charge is 0.508 e. The van der Waals surface area contributed by atoms with E-state index in [1.807, 2.05) is 0 Å². The molecule has 0 bridgehead atoms. The number of ketones is 1. The van der Waals surface area contributed by atoms with Gasteiger partial charge in [0.1, 0.15) is 17.3 Å². The minimum absolute atomic E-state index is 0.0310. The molecule has 1 aliphatic rings. The van der Waals surface area contributed by atoms with Crippen molar-refractivity contribution in [1.29, 1.82) is 0 Å². The Morgan fingerprint density at radius 1 is 1.00 bits per heavy atom. The number of nitrogens with zero attached hydrogens (tertiary/aromatic N) is 1. The van der Waals surface area contributed by atoms with Gasteiger partial charge in [0.15, 0.2) is 0 Å². The molecule has 6 nitrogen and oxygen atoms in total. The van der Waals surface area contributed by atoms with Gasteiger partial charge in [-0.1, -0.05) is 41.9 Å². The van der Waals surface area contributed by atoms with Crippen LogP contribution in [0.1, 0.15) is 17.2 Å². The number of methoxy groups -OCH3 is 1. The molecule has 2 N–H and O–H groups in total. The second-order valence-electron chi connectivity index (χ2n) is 6.94. The molecular formula is C24H18ClNO5. The van der Waals surface area contributed by atoms with Gasteiger partial charge in [-0.25, -0.2) is 0 Å². The molecule has 0 aromatic heterocycles. The molecule has 1 atom stereocenters. The van der Waals surface area contributed by atoms with Crippen LogP contribution in [0.2, 0.25) is 5.02 Å². The van der Waals surface area contributed by atoms with E-state index >= 15 is 0 Å². The zero-order valence-electron chi connectivity index (χ0n) is 16.4. The number of hydrogen-bond donors (Lipinski definition) is 2. The fourth-order valence-corrected chi connectivity index (χ4v) is 3.88. The summed E-state index contributed by atoms with van der Waals surface area (Å²) in [6.45, 7) is 0. The molecule has 1 aliphatic heterocycles. The predicted octanol–water partition coefficient (Wildman–Crippen LogP) is 4.68. The Hall–Kier alpha value is -3.77. The quantitative estimate of drug-likeness (QED) is 0.353. The van der Waals surface area contributed by atoms with Gasteiger partial charge in [0, 0.05) is 10.7 Å². The number of amides is 1. The first-order valence-electron chi connectivity index (χ1n) is 9.41. The molecule has 0 spiro atoms. The molecule has 3 aromatic rings. The van der Waals surface area contributed by atoms with E-state index in [1.165, 1.54) is 30.2 Å². The number of Topliss-reactive ketones (excluding diaryl/α,β-unsaturated/α-hetero) is 1. The topological polar surface area (TPSA) is 87.1 Å². The number of aromatic hydroxyl groups is 1. The molecule has 7 heteroatoms. The lowest BCUT2D eigenvalue weighted by Gasteiger charge is -2.25. The molecule has 0 radical (unpaired) electrons. The fraction of sp³-hybridized carbons (Fsp3) is 0.0833. The first-order valence-corrected chi connectivity index (χ1v) is 9.79. The van der Waals surface area contributed by atoms with Crippen LogP contribution in [-0.4, -0.2) is 29.0 Å². The van der Waals surface area contributed by atoms with Crippen molar-refractivity contribution in [3.63, 3.8) is 0 Å². The smallest absolute Gasteiger partial charge is 0.300 e. The van der Waals surface area contributed by atoms with Crippen LogP contribution in [0.15, 0.2) is 78.4 Å². The summed E-state index contributed by atoms with van der Waals surface area (Å²) in [6, 6.07) is 18.5. The van der Waals surface area contributed by atoms with Crippen LogP contribution in [0, 0.1) is 0 Å². The summed E-state index contributed by atoms with van der Waals surface area (Å²) in [7, 11) is 1.43. The third-order valence-corrected chi connectivity index (χ3v) is 5.32. The molecule has 3 aromatic carbocycles. The maximum atomic E-state index is 13.1. The molecule has 31 heavy (non-hydrogen) atoms. The highest BCUT2D eigenvalue weighted by Gasteiger charge is 2.47. The van der Waals surface area contributed by atoms with Crippen LogP contribution >= 0.6 is 11.6 Å². The number of carbonyl (C=O) groups is 2. The highest BCUT2D eigenvalue weighted by Crippen LogP contribution is 2.44. The van der Waals surface area contributed by atoms with Gasteiger partial charge in [0.2, 0.25) is 0 Å². The van der Waals surface area contributed by atoms with Crippen LogP contribution in [-0.2, 0) is 9.59 Å². The van der Waals surface area contributed by atoms with Crippen LogP contribution in [0.4, 0.5) is 5.69 Å². The summed E-state index contributed by atoms with van der Waals surface area (Å²) in [5, 5.41) is 21.5. The van der Waals surface area contributed by atoms with E-state index in [4.69, 9.17) is 16.3 Å². The van der Waals surface area contributed by atoms with Gasteiger partial charge in [-0.15, -0.1) is 0 Å². The number of rotatable bonds is 4. The molecule has 1 saturated heterocycles. The number of para-hydroxylation sites is 1. The summed E-state index contributed by atoms with van der Waals surface area (Å²) in [5.74, 6) is -1.79. The molecule has 1 unspecified atom stereocenters. The van der Waals surface area contributed by atoms with Crippen LogP contribution in [0.3, 0.4) is 0 Å². The number of anilines is 1. The van der Waals surface area contributed by atoms with Crippen LogP contribution < -0.4 is 9.64 Å². The van der Waals surface area contributed by atoms with Crippen LogP contribution in [0.5, 0.6) is 11.5 Å². The SMILES string of the molecule is COc1ccc(Cl)cc1/C(O)=C1\C(=O)C(=O)N(c2ccccc2)C1c1cccc(O)c1. The van der Waals surface area contributed by atoms with Gasteiger partial charge in [0.25, 0.3) is 11.7 Å². The number of phenols is 1. The van der Waals surface area contributed by atoms with Crippen molar-refractivity contribution in [3.8, 4) is 11.5 Å². The minimum atomic E-state index is -0.960. The van der Waals surface area contributed by atoms with Crippen molar-refractivity contribution < 1.29 is 24.5 Å². The van der Waals surface area contributed by atoms with E-state index in [1.54, 1.807) is 54.6 Å². The van der Waals surface area contributed by atoms with E-state index in [2.05, 4.69) is 0 Å². The molecule has 0 saturated carbocycles. The van der Waals surface area contributed by atoms with Gasteiger partial charge < -0.3 is 14.9 Å². The number of aliphatic hydroxyl groups is 1. The monoisotopic (exact) mass is 435 g/mol. The van der Waals surface area contributed by atoms with E-state index in [9.17, 15) is 19.8 Å². The average Bonchev–Trinajstić information content (AvgIpc) is 3.04. The van der Waals surface area contributed by atoms with Crippen LogP contribution in [0.25, 0.3) is 5.76 Å². The number of halogens is 1. The summed E-state index contributed by atoms with van der Waals surface area (Å²) in [4.78, 5) is 27.5. The first-order chi connectivity index (χ1) is 14.9. The Bertz CT molecular complexity index is 1210. The van der Waals surface area contributed by atoms with E-state index in [0.29, 0.717) is 22.0 Å². The Kier molecular flexibility index (Phi) is 5.40. The standard InChI is InChI=1S/C24H18ClNO5/c1-31-19-11-10-15(25)13-18(19)22(28)20-21(14-6-5-9-17(27)12-14)26(24(30)23(20)29)16-7-3-2-4-8-16/h2-13,21,27-28H,1H3/b22-20+. The second kappa shape index (κ2) is 8.16. The zero-order chi connectivity index (χ0) is 22.1. The van der Waals surface area contributed by atoms with Gasteiger partial charge >= 0.3 is 0 Å². The van der Waals surface area contributed by atoms with E-state index < -0.39 is 23.5 Å². The molecular weight excluding hydrogens is 418 g/mol. The lowest BCUT2D eigenvalue weighted by atomic mass is 9.94.